The van der Waals surface area contributed by atoms with E-state index in [1.165, 1.54) is 6.08 Å². The van der Waals surface area contributed by atoms with Gasteiger partial charge in [0, 0.05) is 21.3 Å². The number of hydrogen-bond acceptors (Lipinski definition) is 6. The molecular weight excluding hydrogens is 246 g/mol. The van der Waals surface area contributed by atoms with Gasteiger partial charge in [-0.2, -0.15) is 0 Å². The highest BCUT2D eigenvalue weighted by Crippen LogP contribution is 2.05. The van der Waals surface area contributed by atoms with Gasteiger partial charge in [-0.1, -0.05) is 6.92 Å². The van der Waals surface area contributed by atoms with Crippen molar-refractivity contribution in [2.75, 3.05) is 27.9 Å². The summed E-state index contributed by atoms with van der Waals surface area (Å²) in [5, 5.41) is 0. The van der Waals surface area contributed by atoms with Crippen LogP contribution in [-0.2, 0) is 22.5 Å². The summed E-state index contributed by atoms with van der Waals surface area (Å²) in [4.78, 5) is 13.7. The fourth-order valence-electron chi connectivity index (χ4n) is 1.07. The first-order valence-electron chi connectivity index (χ1n) is 4.98. The van der Waals surface area contributed by atoms with Crippen LogP contribution in [0.15, 0.2) is 4.99 Å². The molecule has 0 saturated heterocycles. The summed E-state index contributed by atoms with van der Waals surface area (Å²) in [5.74, 6) is 0. The fourth-order valence-corrected chi connectivity index (χ4v) is 4.73. The Morgan fingerprint density at radius 2 is 1.88 bits per heavy atom. The molecule has 0 aromatic rings. The standard InChI is InChI=1S/C8H19NO5Si2/c1-5-8(9-7-10)6-14-15-16(11-2,12-3)13-4/h8H,5-6,15H2,1-4H3. The average Bonchev–Trinajstić information content (AvgIpc) is 2.34. The van der Waals surface area contributed by atoms with Gasteiger partial charge in [0.1, 0.15) is 0 Å². The van der Waals surface area contributed by atoms with Gasteiger partial charge in [-0.15, -0.1) is 0 Å². The second-order valence-corrected chi connectivity index (χ2v) is 9.84. The monoisotopic (exact) mass is 265 g/mol. The van der Waals surface area contributed by atoms with Gasteiger partial charge in [0.15, 0.2) is 0 Å². The van der Waals surface area contributed by atoms with E-state index in [1.54, 1.807) is 21.3 Å². The molecule has 16 heavy (non-hydrogen) atoms. The van der Waals surface area contributed by atoms with Crippen LogP contribution < -0.4 is 0 Å². The Bertz CT molecular complexity index is 222. The van der Waals surface area contributed by atoms with Crippen LogP contribution in [0.4, 0.5) is 0 Å². The molecule has 0 aliphatic carbocycles. The van der Waals surface area contributed by atoms with Crippen molar-refractivity contribution in [3.05, 3.63) is 0 Å². The molecule has 0 fully saturated rings. The number of nitrogens with zero attached hydrogens (tertiary/aromatic N) is 1. The lowest BCUT2D eigenvalue weighted by Crippen LogP contribution is -2.51. The van der Waals surface area contributed by atoms with Gasteiger partial charge in [0.05, 0.1) is 12.6 Å². The van der Waals surface area contributed by atoms with Crippen molar-refractivity contribution < 1.29 is 22.5 Å². The van der Waals surface area contributed by atoms with E-state index in [9.17, 15) is 4.79 Å². The van der Waals surface area contributed by atoms with Crippen LogP contribution in [0.1, 0.15) is 13.3 Å². The van der Waals surface area contributed by atoms with E-state index in [0.717, 1.165) is 6.42 Å². The van der Waals surface area contributed by atoms with Crippen molar-refractivity contribution in [2.24, 2.45) is 4.99 Å². The highest BCUT2D eigenvalue weighted by molar-refractivity contribution is 7.12. The molecule has 0 N–H and O–H groups in total. The second-order valence-electron chi connectivity index (χ2n) is 3.09. The average molecular weight is 265 g/mol. The largest absolute Gasteiger partial charge is 0.494 e. The molecule has 0 spiro atoms. The molecule has 8 heteroatoms. The summed E-state index contributed by atoms with van der Waals surface area (Å²) in [6, 6.07) is -0.137. The zero-order chi connectivity index (χ0) is 12.4. The van der Waals surface area contributed by atoms with Crippen LogP contribution in [0.2, 0.25) is 0 Å². The Hall–Kier alpha value is -0.346. The molecular formula is C8H19NO5Si2. The molecule has 0 heterocycles. The highest BCUT2D eigenvalue weighted by Gasteiger charge is 2.38. The Kier molecular flexibility index (Phi) is 8.58. The molecule has 0 radical (unpaired) electrons. The van der Waals surface area contributed by atoms with Gasteiger partial charge in [-0.05, 0) is 6.42 Å². The summed E-state index contributed by atoms with van der Waals surface area (Å²) in [6.07, 6.45) is 2.28. The van der Waals surface area contributed by atoms with Crippen molar-refractivity contribution in [2.45, 2.75) is 19.4 Å². The Balaban J connectivity index is 4.07. The molecule has 94 valence electrons. The van der Waals surface area contributed by atoms with Crippen molar-refractivity contribution >= 4 is 23.7 Å². The van der Waals surface area contributed by atoms with Gasteiger partial charge < -0.3 is 17.7 Å². The van der Waals surface area contributed by atoms with E-state index in [0.29, 0.717) is 6.61 Å². The van der Waals surface area contributed by atoms with E-state index in [2.05, 4.69) is 4.99 Å². The summed E-state index contributed by atoms with van der Waals surface area (Å²) >= 11 is 0. The van der Waals surface area contributed by atoms with Gasteiger partial charge in [0.25, 0.3) is 9.28 Å². The summed E-state index contributed by atoms with van der Waals surface area (Å²) < 4.78 is 21.2. The molecule has 0 aliphatic rings. The van der Waals surface area contributed by atoms with Gasteiger partial charge >= 0.3 is 8.32 Å². The summed E-state index contributed by atoms with van der Waals surface area (Å²) in [6.45, 7) is 2.33. The maximum atomic E-state index is 10.1. The molecule has 1 unspecified atom stereocenters. The summed E-state index contributed by atoms with van der Waals surface area (Å²) in [7, 11) is 1.04. The number of carbonyl (C=O) groups excluding carboxylic acids is 1. The Labute approximate surface area is 99.0 Å². The third-order valence-corrected chi connectivity index (χ3v) is 9.16. The van der Waals surface area contributed by atoms with Gasteiger partial charge in [-0.3, -0.25) is 0 Å². The molecule has 1 atom stereocenters. The number of hydrogen-bond donors (Lipinski definition) is 0. The number of isocyanates is 1. The quantitative estimate of drug-likeness (QED) is 0.322. The third kappa shape index (κ3) is 5.12. The maximum Gasteiger partial charge on any atom is 0.494 e. The van der Waals surface area contributed by atoms with E-state index in [-0.39, 0.29) is 6.04 Å². The minimum atomic E-state index is -2.54. The van der Waals surface area contributed by atoms with Crippen molar-refractivity contribution in [1.82, 2.24) is 0 Å². The Morgan fingerprint density at radius 3 is 2.25 bits per heavy atom. The lowest BCUT2D eigenvalue weighted by Gasteiger charge is -2.24. The summed E-state index contributed by atoms with van der Waals surface area (Å²) in [5.41, 5.74) is 0. The van der Waals surface area contributed by atoms with Crippen molar-refractivity contribution in [3.8, 4) is 0 Å². The van der Waals surface area contributed by atoms with E-state index < -0.39 is 17.6 Å². The first-order chi connectivity index (χ1) is 7.67. The molecule has 0 bridgehead atoms. The zero-order valence-corrected chi connectivity index (χ0v) is 12.6. The highest BCUT2D eigenvalue weighted by atomic mass is 29.2. The zero-order valence-electron chi connectivity index (χ0n) is 10.2. The SMILES string of the molecule is CCC(CO[SiH2][Si](OC)(OC)OC)N=C=O. The Morgan fingerprint density at radius 1 is 1.31 bits per heavy atom. The second kappa shape index (κ2) is 8.77. The van der Waals surface area contributed by atoms with Crippen molar-refractivity contribution in [1.29, 1.82) is 0 Å². The van der Waals surface area contributed by atoms with Gasteiger partial charge in [0.2, 0.25) is 6.08 Å². The predicted octanol–water partition coefficient (Wildman–Crippen LogP) is -0.424. The predicted molar refractivity (Wildman–Crippen MR) is 63.5 cm³/mol. The minimum Gasteiger partial charge on any atom is -0.416 e. The first-order valence-corrected chi connectivity index (χ1v) is 9.61. The normalized spacial score (nSPS) is 14.0. The van der Waals surface area contributed by atoms with E-state index in [1.807, 2.05) is 6.92 Å². The maximum absolute atomic E-state index is 10.1. The smallest absolute Gasteiger partial charge is 0.416 e. The van der Waals surface area contributed by atoms with E-state index in [4.69, 9.17) is 17.7 Å². The lowest BCUT2D eigenvalue weighted by atomic mass is 10.3. The minimum absolute atomic E-state index is 0.137. The van der Waals surface area contributed by atoms with Crippen molar-refractivity contribution in [3.63, 3.8) is 0 Å². The molecule has 0 rings (SSSR count). The lowest BCUT2D eigenvalue weighted by molar-refractivity contribution is 0.139. The van der Waals surface area contributed by atoms with Crippen LogP contribution in [0.25, 0.3) is 0 Å². The molecule has 0 saturated carbocycles. The van der Waals surface area contributed by atoms with Crippen LogP contribution in [0.5, 0.6) is 0 Å². The third-order valence-electron chi connectivity index (χ3n) is 2.23. The number of rotatable bonds is 9. The van der Waals surface area contributed by atoms with Crippen LogP contribution in [0.3, 0.4) is 0 Å². The van der Waals surface area contributed by atoms with E-state index >= 15 is 0 Å². The van der Waals surface area contributed by atoms with Crippen LogP contribution in [-0.4, -0.2) is 57.7 Å². The molecule has 0 aromatic heterocycles. The molecule has 0 aliphatic heterocycles. The van der Waals surface area contributed by atoms with Crippen LogP contribution in [0, 0.1) is 0 Å². The molecule has 6 nitrogen and oxygen atoms in total. The fraction of sp³-hybridized carbons (Fsp3) is 0.875. The van der Waals surface area contributed by atoms with Gasteiger partial charge in [-0.25, -0.2) is 9.79 Å². The molecule has 0 amide bonds. The first kappa shape index (κ1) is 15.7. The van der Waals surface area contributed by atoms with Crippen LogP contribution >= 0.6 is 0 Å². The molecule has 0 aromatic carbocycles. The topological polar surface area (TPSA) is 66.3 Å². The number of aliphatic imine (C=N–C) groups is 1.